The van der Waals surface area contributed by atoms with E-state index in [9.17, 15) is 4.79 Å². The molecule has 1 atom stereocenters. The molecule has 0 unspecified atom stereocenters. The van der Waals surface area contributed by atoms with Crippen molar-refractivity contribution in [3.8, 4) is 5.75 Å². The molecule has 0 bridgehead atoms. The van der Waals surface area contributed by atoms with Crippen LogP contribution >= 0.6 is 34.5 Å². The fraction of sp³-hybridized carbons (Fsp3) is 0.312. The summed E-state index contributed by atoms with van der Waals surface area (Å²) >= 11 is 13.7. The molecular weight excluding hydrogens is 341 g/mol. The van der Waals surface area contributed by atoms with Gasteiger partial charge in [-0.2, -0.15) is 0 Å². The van der Waals surface area contributed by atoms with Crippen LogP contribution in [0.2, 0.25) is 10.0 Å². The van der Waals surface area contributed by atoms with E-state index in [1.54, 1.807) is 36.5 Å². The fourth-order valence-electron chi connectivity index (χ4n) is 2.51. The number of amides is 1. The molecule has 2 aromatic rings. The molecule has 1 aromatic carbocycles. The maximum atomic E-state index is 12.5. The number of halogens is 2. The lowest BCUT2D eigenvalue weighted by atomic mass is 10.1. The molecule has 0 saturated heterocycles. The lowest BCUT2D eigenvalue weighted by Crippen LogP contribution is -2.42. The van der Waals surface area contributed by atoms with Gasteiger partial charge in [-0.25, -0.2) is 0 Å². The zero-order chi connectivity index (χ0) is 15.7. The molecule has 22 heavy (non-hydrogen) atoms. The maximum absolute atomic E-state index is 12.5. The predicted octanol–water partition coefficient (Wildman–Crippen LogP) is 4.41. The van der Waals surface area contributed by atoms with Gasteiger partial charge in [0.05, 0.1) is 5.02 Å². The minimum absolute atomic E-state index is 0.0251. The Morgan fingerprint density at radius 1 is 1.36 bits per heavy atom. The van der Waals surface area contributed by atoms with E-state index < -0.39 is 6.10 Å². The average Bonchev–Trinajstić information content (AvgIpc) is 2.96. The normalized spacial score (nSPS) is 15.3. The third kappa shape index (κ3) is 3.24. The van der Waals surface area contributed by atoms with E-state index in [2.05, 4.69) is 11.4 Å². The summed E-state index contributed by atoms with van der Waals surface area (Å²) in [5, 5.41) is 3.02. The van der Waals surface area contributed by atoms with Gasteiger partial charge in [0.15, 0.2) is 6.10 Å². The molecule has 3 rings (SSSR count). The summed E-state index contributed by atoms with van der Waals surface area (Å²) < 4.78 is 5.71. The quantitative estimate of drug-likeness (QED) is 0.816. The Bertz CT molecular complexity index is 701. The van der Waals surface area contributed by atoms with Crippen molar-refractivity contribution >= 4 is 40.4 Å². The Labute approximate surface area is 143 Å². The molecule has 0 radical (unpaired) electrons. The third-order valence-corrected chi connectivity index (χ3v) is 5.22. The average molecular weight is 356 g/mol. The van der Waals surface area contributed by atoms with Gasteiger partial charge < -0.3 is 9.64 Å². The smallest absolute Gasteiger partial charge is 0.263 e. The molecular formula is C16H15Cl2NO2S. The van der Waals surface area contributed by atoms with Gasteiger partial charge in [0.25, 0.3) is 5.91 Å². The van der Waals surface area contributed by atoms with Crippen molar-refractivity contribution in [2.45, 2.75) is 26.0 Å². The number of benzene rings is 1. The van der Waals surface area contributed by atoms with E-state index in [-0.39, 0.29) is 5.91 Å². The number of hydrogen-bond acceptors (Lipinski definition) is 3. The lowest BCUT2D eigenvalue weighted by Gasteiger charge is -2.29. The van der Waals surface area contributed by atoms with Crippen LogP contribution in [0.15, 0.2) is 29.6 Å². The molecule has 1 aliphatic heterocycles. The topological polar surface area (TPSA) is 29.5 Å². The Kier molecular flexibility index (Phi) is 4.62. The van der Waals surface area contributed by atoms with E-state index in [0.29, 0.717) is 22.3 Å². The summed E-state index contributed by atoms with van der Waals surface area (Å²) in [5.41, 5.74) is 1.24. The van der Waals surface area contributed by atoms with Crippen LogP contribution in [0.25, 0.3) is 0 Å². The van der Waals surface area contributed by atoms with Gasteiger partial charge in [-0.15, -0.1) is 11.3 Å². The molecule has 0 N–H and O–H groups in total. The summed E-state index contributed by atoms with van der Waals surface area (Å²) in [6.45, 7) is 3.13. The molecule has 2 heterocycles. The SMILES string of the molecule is C[C@H](Oc1ccc(Cl)cc1Cl)C(=O)N1CCc2sccc2C1. The van der Waals surface area contributed by atoms with Gasteiger partial charge in [0.2, 0.25) is 0 Å². The van der Waals surface area contributed by atoms with E-state index >= 15 is 0 Å². The van der Waals surface area contributed by atoms with E-state index in [0.717, 1.165) is 13.0 Å². The first-order valence-corrected chi connectivity index (χ1v) is 8.64. The highest BCUT2D eigenvalue weighted by atomic mass is 35.5. The first-order valence-electron chi connectivity index (χ1n) is 7.00. The van der Waals surface area contributed by atoms with Crippen LogP contribution in [0.3, 0.4) is 0 Å². The summed E-state index contributed by atoms with van der Waals surface area (Å²) in [6.07, 6.45) is 0.325. The molecule has 3 nitrogen and oxygen atoms in total. The molecule has 0 aliphatic carbocycles. The van der Waals surface area contributed by atoms with Crippen LogP contribution in [0.1, 0.15) is 17.4 Å². The Morgan fingerprint density at radius 3 is 2.95 bits per heavy atom. The minimum atomic E-state index is -0.584. The number of hydrogen-bond donors (Lipinski definition) is 0. The van der Waals surface area contributed by atoms with Crippen molar-refractivity contribution in [1.82, 2.24) is 4.90 Å². The van der Waals surface area contributed by atoms with Crippen LogP contribution in [-0.2, 0) is 17.8 Å². The Balaban J connectivity index is 1.67. The monoisotopic (exact) mass is 355 g/mol. The largest absolute Gasteiger partial charge is 0.479 e. The minimum Gasteiger partial charge on any atom is -0.479 e. The second-order valence-electron chi connectivity index (χ2n) is 5.21. The van der Waals surface area contributed by atoms with Crippen molar-refractivity contribution in [2.24, 2.45) is 0 Å². The van der Waals surface area contributed by atoms with E-state index in [4.69, 9.17) is 27.9 Å². The van der Waals surface area contributed by atoms with Crippen LogP contribution in [0.4, 0.5) is 0 Å². The molecule has 6 heteroatoms. The first-order chi connectivity index (χ1) is 10.5. The molecule has 0 spiro atoms. The first kappa shape index (κ1) is 15.7. The molecule has 1 aromatic heterocycles. The number of fused-ring (bicyclic) bond motifs is 1. The molecule has 0 saturated carbocycles. The highest BCUT2D eigenvalue weighted by molar-refractivity contribution is 7.10. The second-order valence-corrected chi connectivity index (χ2v) is 7.06. The standard InChI is InChI=1S/C16H15Cl2NO2S/c1-10(21-14-3-2-12(17)8-13(14)18)16(20)19-6-4-15-11(9-19)5-7-22-15/h2-3,5,7-8,10H,4,6,9H2,1H3/t10-/m0/s1. The van der Waals surface area contributed by atoms with Crippen LogP contribution in [-0.4, -0.2) is 23.5 Å². The highest BCUT2D eigenvalue weighted by Crippen LogP contribution is 2.29. The zero-order valence-corrected chi connectivity index (χ0v) is 14.3. The number of nitrogens with zero attached hydrogens (tertiary/aromatic N) is 1. The maximum Gasteiger partial charge on any atom is 0.263 e. The lowest BCUT2D eigenvalue weighted by molar-refractivity contribution is -0.138. The number of rotatable bonds is 3. The molecule has 116 valence electrons. The second kappa shape index (κ2) is 6.49. The van der Waals surface area contributed by atoms with Gasteiger partial charge in [-0.3, -0.25) is 4.79 Å². The number of thiophene rings is 1. The van der Waals surface area contributed by atoms with E-state index in [1.165, 1.54) is 10.4 Å². The third-order valence-electron chi connectivity index (χ3n) is 3.66. The van der Waals surface area contributed by atoms with Crippen LogP contribution in [0.5, 0.6) is 5.75 Å². The molecule has 1 amide bonds. The summed E-state index contributed by atoms with van der Waals surface area (Å²) in [7, 11) is 0. The van der Waals surface area contributed by atoms with Crippen molar-refractivity contribution in [3.05, 3.63) is 50.1 Å². The van der Waals surface area contributed by atoms with Gasteiger partial charge in [0, 0.05) is 23.0 Å². The van der Waals surface area contributed by atoms with Gasteiger partial charge in [-0.1, -0.05) is 23.2 Å². The number of ether oxygens (including phenoxy) is 1. The number of carbonyl (C=O) groups excluding carboxylic acids is 1. The van der Waals surface area contributed by atoms with Crippen LogP contribution < -0.4 is 4.74 Å². The van der Waals surface area contributed by atoms with Gasteiger partial charge in [0.1, 0.15) is 5.75 Å². The predicted molar refractivity (Wildman–Crippen MR) is 90.0 cm³/mol. The molecule has 0 fully saturated rings. The van der Waals surface area contributed by atoms with Crippen molar-refractivity contribution in [2.75, 3.05) is 6.54 Å². The zero-order valence-electron chi connectivity index (χ0n) is 12.0. The van der Waals surface area contributed by atoms with Crippen molar-refractivity contribution < 1.29 is 9.53 Å². The van der Waals surface area contributed by atoms with Gasteiger partial charge >= 0.3 is 0 Å². The van der Waals surface area contributed by atoms with Crippen molar-refractivity contribution in [1.29, 1.82) is 0 Å². The Morgan fingerprint density at radius 2 is 2.18 bits per heavy atom. The van der Waals surface area contributed by atoms with Crippen LogP contribution in [0, 0.1) is 0 Å². The summed E-state index contributed by atoms with van der Waals surface area (Å²) in [4.78, 5) is 15.8. The Hall–Kier alpha value is -1.23. The highest BCUT2D eigenvalue weighted by Gasteiger charge is 2.26. The molecule has 1 aliphatic rings. The summed E-state index contributed by atoms with van der Waals surface area (Å²) in [5.74, 6) is 0.447. The summed E-state index contributed by atoms with van der Waals surface area (Å²) in [6, 6.07) is 7.06. The van der Waals surface area contributed by atoms with E-state index in [1.807, 2.05) is 4.90 Å². The van der Waals surface area contributed by atoms with Gasteiger partial charge in [-0.05, 0) is 48.6 Å². The number of carbonyl (C=O) groups is 1. The fourth-order valence-corrected chi connectivity index (χ4v) is 3.85. The van der Waals surface area contributed by atoms with Crippen molar-refractivity contribution in [3.63, 3.8) is 0 Å².